The van der Waals surface area contributed by atoms with Crippen molar-refractivity contribution in [1.82, 2.24) is 5.32 Å². The summed E-state index contributed by atoms with van der Waals surface area (Å²) < 4.78 is 5.64. The summed E-state index contributed by atoms with van der Waals surface area (Å²) in [5, 5.41) is 2.99. The van der Waals surface area contributed by atoms with Crippen LogP contribution >= 0.6 is 0 Å². The van der Waals surface area contributed by atoms with Gasteiger partial charge in [-0.2, -0.15) is 0 Å². The third kappa shape index (κ3) is 4.35. The van der Waals surface area contributed by atoms with Crippen LogP contribution < -0.4 is 10.1 Å². The Balaban J connectivity index is 1.92. The van der Waals surface area contributed by atoms with Gasteiger partial charge in [0.25, 0.3) is 5.91 Å². The van der Waals surface area contributed by atoms with Gasteiger partial charge in [0.05, 0.1) is 6.04 Å². The fraction of sp³-hybridized carbons (Fsp3) is 0.316. The SMILES string of the molecule is CCc1ccc([C@H](C)NC(=O)[C@@H](C)Oc2ccccc2)cc1. The number of carbonyl (C=O) groups excluding carboxylic acids is 1. The lowest BCUT2D eigenvalue weighted by Gasteiger charge is -2.19. The van der Waals surface area contributed by atoms with Gasteiger partial charge in [0.1, 0.15) is 5.75 Å². The van der Waals surface area contributed by atoms with Crippen LogP contribution in [0.3, 0.4) is 0 Å². The largest absolute Gasteiger partial charge is 0.481 e. The molecule has 0 bridgehead atoms. The van der Waals surface area contributed by atoms with Crippen molar-refractivity contribution in [3.63, 3.8) is 0 Å². The topological polar surface area (TPSA) is 38.3 Å². The van der Waals surface area contributed by atoms with E-state index in [4.69, 9.17) is 4.74 Å². The highest BCUT2D eigenvalue weighted by Gasteiger charge is 2.17. The minimum Gasteiger partial charge on any atom is -0.481 e. The Morgan fingerprint density at radius 1 is 1.05 bits per heavy atom. The monoisotopic (exact) mass is 297 g/mol. The van der Waals surface area contributed by atoms with Gasteiger partial charge in [-0.3, -0.25) is 4.79 Å². The van der Waals surface area contributed by atoms with Crippen molar-refractivity contribution in [2.45, 2.75) is 39.3 Å². The first-order chi connectivity index (χ1) is 10.6. The van der Waals surface area contributed by atoms with E-state index in [9.17, 15) is 4.79 Å². The summed E-state index contributed by atoms with van der Waals surface area (Å²) in [4.78, 5) is 12.2. The molecule has 0 fully saturated rings. The highest BCUT2D eigenvalue weighted by Crippen LogP contribution is 2.15. The van der Waals surface area contributed by atoms with Crippen molar-refractivity contribution in [2.24, 2.45) is 0 Å². The standard InChI is InChI=1S/C19H23NO2/c1-4-16-10-12-17(13-11-16)14(2)20-19(21)15(3)22-18-8-6-5-7-9-18/h5-15H,4H2,1-3H3,(H,20,21)/t14-,15+/m0/s1. The normalized spacial score (nSPS) is 13.2. The van der Waals surface area contributed by atoms with E-state index in [1.54, 1.807) is 6.92 Å². The van der Waals surface area contributed by atoms with Crippen LogP contribution in [0.15, 0.2) is 54.6 Å². The smallest absolute Gasteiger partial charge is 0.261 e. The Hall–Kier alpha value is -2.29. The van der Waals surface area contributed by atoms with E-state index >= 15 is 0 Å². The molecule has 22 heavy (non-hydrogen) atoms. The predicted octanol–water partition coefficient (Wildman–Crippen LogP) is 3.89. The molecular formula is C19H23NO2. The number of nitrogens with one attached hydrogen (secondary N) is 1. The van der Waals surface area contributed by atoms with Gasteiger partial charge < -0.3 is 10.1 Å². The molecule has 0 aliphatic carbocycles. The Morgan fingerprint density at radius 3 is 2.27 bits per heavy atom. The van der Waals surface area contributed by atoms with Gasteiger partial charge in [0.2, 0.25) is 0 Å². The van der Waals surface area contributed by atoms with Crippen LogP contribution in [0.1, 0.15) is 37.9 Å². The summed E-state index contributed by atoms with van der Waals surface area (Å²) >= 11 is 0. The number of hydrogen-bond acceptors (Lipinski definition) is 2. The van der Waals surface area contributed by atoms with Crippen molar-refractivity contribution in [2.75, 3.05) is 0 Å². The predicted molar refractivity (Wildman–Crippen MR) is 88.9 cm³/mol. The molecule has 0 heterocycles. The average Bonchev–Trinajstić information content (AvgIpc) is 2.55. The molecule has 3 nitrogen and oxygen atoms in total. The number of benzene rings is 2. The summed E-state index contributed by atoms with van der Waals surface area (Å²) in [6, 6.07) is 17.7. The number of aryl methyl sites for hydroxylation is 1. The van der Waals surface area contributed by atoms with Crippen LogP contribution in [0, 0.1) is 0 Å². The third-order valence-corrected chi connectivity index (χ3v) is 3.67. The second kappa shape index (κ2) is 7.64. The van der Waals surface area contributed by atoms with Crippen molar-refractivity contribution in [3.05, 3.63) is 65.7 Å². The summed E-state index contributed by atoms with van der Waals surface area (Å²) in [7, 11) is 0. The summed E-state index contributed by atoms with van der Waals surface area (Å²) in [5.41, 5.74) is 2.39. The molecule has 0 saturated heterocycles. The van der Waals surface area contributed by atoms with E-state index in [2.05, 4.69) is 36.5 Å². The second-order valence-electron chi connectivity index (χ2n) is 5.40. The van der Waals surface area contributed by atoms with Crippen molar-refractivity contribution < 1.29 is 9.53 Å². The highest BCUT2D eigenvalue weighted by molar-refractivity contribution is 5.81. The van der Waals surface area contributed by atoms with Gasteiger partial charge in [0, 0.05) is 0 Å². The van der Waals surface area contributed by atoms with Gasteiger partial charge >= 0.3 is 0 Å². The molecule has 0 aliphatic rings. The van der Waals surface area contributed by atoms with E-state index in [-0.39, 0.29) is 11.9 Å². The highest BCUT2D eigenvalue weighted by atomic mass is 16.5. The van der Waals surface area contributed by atoms with Gasteiger partial charge in [-0.05, 0) is 43.5 Å². The number of ether oxygens (including phenoxy) is 1. The average molecular weight is 297 g/mol. The fourth-order valence-corrected chi connectivity index (χ4v) is 2.21. The number of para-hydroxylation sites is 1. The number of hydrogen-bond donors (Lipinski definition) is 1. The molecule has 1 N–H and O–H groups in total. The van der Waals surface area contributed by atoms with Crippen LogP contribution in [-0.2, 0) is 11.2 Å². The lowest BCUT2D eigenvalue weighted by Crippen LogP contribution is -2.37. The van der Waals surface area contributed by atoms with Crippen molar-refractivity contribution in [3.8, 4) is 5.75 Å². The molecule has 116 valence electrons. The molecule has 2 aromatic rings. The lowest BCUT2D eigenvalue weighted by atomic mass is 10.0. The first kappa shape index (κ1) is 16.1. The zero-order chi connectivity index (χ0) is 15.9. The number of carbonyl (C=O) groups is 1. The summed E-state index contributed by atoms with van der Waals surface area (Å²) in [5.74, 6) is 0.584. The zero-order valence-corrected chi connectivity index (χ0v) is 13.4. The maximum absolute atomic E-state index is 12.2. The Labute approximate surface area is 132 Å². The molecule has 3 heteroatoms. The van der Waals surface area contributed by atoms with Gasteiger partial charge in [-0.25, -0.2) is 0 Å². The molecule has 0 spiro atoms. The van der Waals surface area contributed by atoms with E-state index in [0.717, 1.165) is 12.0 Å². The Kier molecular flexibility index (Phi) is 5.59. The third-order valence-electron chi connectivity index (χ3n) is 3.67. The van der Waals surface area contributed by atoms with Crippen molar-refractivity contribution >= 4 is 5.91 Å². The Morgan fingerprint density at radius 2 is 1.68 bits per heavy atom. The molecule has 1 amide bonds. The quantitative estimate of drug-likeness (QED) is 0.878. The molecule has 2 atom stereocenters. The van der Waals surface area contributed by atoms with Crippen LogP contribution in [0.4, 0.5) is 0 Å². The fourth-order valence-electron chi connectivity index (χ4n) is 2.21. The molecule has 2 aromatic carbocycles. The number of amides is 1. The van der Waals surface area contributed by atoms with Gasteiger partial charge in [-0.1, -0.05) is 49.4 Å². The molecule has 0 aromatic heterocycles. The molecule has 0 aliphatic heterocycles. The molecule has 0 unspecified atom stereocenters. The Bertz CT molecular complexity index is 593. The van der Waals surface area contributed by atoms with Crippen LogP contribution in [0.5, 0.6) is 5.75 Å². The van der Waals surface area contributed by atoms with E-state index < -0.39 is 6.10 Å². The zero-order valence-electron chi connectivity index (χ0n) is 13.4. The summed E-state index contributed by atoms with van der Waals surface area (Å²) in [6.07, 6.45) is 0.489. The molecule has 0 radical (unpaired) electrons. The van der Waals surface area contributed by atoms with E-state index in [1.165, 1.54) is 5.56 Å². The van der Waals surface area contributed by atoms with Gasteiger partial charge in [0.15, 0.2) is 6.10 Å². The van der Waals surface area contributed by atoms with Crippen LogP contribution in [0.2, 0.25) is 0 Å². The summed E-state index contributed by atoms with van der Waals surface area (Å²) in [6.45, 7) is 5.87. The van der Waals surface area contributed by atoms with Crippen LogP contribution in [0.25, 0.3) is 0 Å². The molecular weight excluding hydrogens is 274 g/mol. The minimum atomic E-state index is -0.528. The van der Waals surface area contributed by atoms with Gasteiger partial charge in [-0.15, -0.1) is 0 Å². The first-order valence-corrected chi connectivity index (χ1v) is 7.71. The second-order valence-corrected chi connectivity index (χ2v) is 5.40. The van der Waals surface area contributed by atoms with E-state index in [0.29, 0.717) is 5.75 Å². The van der Waals surface area contributed by atoms with E-state index in [1.807, 2.05) is 37.3 Å². The molecule has 0 saturated carbocycles. The first-order valence-electron chi connectivity index (χ1n) is 7.71. The minimum absolute atomic E-state index is 0.0415. The maximum atomic E-state index is 12.2. The maximum Gasteiger partial charge on any atom is 0.261 e. The molecule has 2 rings (SSSR count). The van der Waals surface area contributed by atoms with Crippen LogP contribution in [-0.4, -0.2) is 12.0 Å². The number of rotatable bonds is 6. The van der Waals surface area contributed by atoms with Crippen molar-refractivity contribution in [1.29, 1.82) is 0 Å². The lowest BCUT2D eigenvalue weighted by molar-refractivity contribution is -0.127.